The smallest absolute Gasteiger partial charge is 0.274 e. The van der Waals surface area contributed by atoms with E-state index >= 15 is 0 Å². The number of hydrogen-bond acceptors (Lipinski definition) is 4. The van der Waals surface area contributed by atoms with Crippen LogP contribution >= 0.6 is 0 Å². The Bertz CT molecular complexity index is 552. The molecule has 0 aliphatic rings. The Morgan fingerprint density at radius 3 is 2.83 bits per heavy atom. The van der Waals surface area contributed by atoms with Crippen molar-refractivity contribution in [2.75, 3.05) is 18.2 Å². The summed E-state index contributed by atoms with van der Waals surface area (Å²) in [7, 11) is 1.57. The van der Waals surface area contributed by atoms with Gasteiger partial charge in [-0.05, 0) is 24.3 Å². The lowest BCUT2D eigenvalue weighted by molar-refractivity contribution is 0.102. The zero-order valence-electron chi connectivity index (χ0n) is 9.88. The summed E-state index contributed by atoms with van der Waals surface area (Å²) in [5.74, 6) is 0.390. The van der Waals surface area contributed by atoms with Gasteiger partial charge in [0, 0.05) is 11.8 Å². The molecule has 0 aliphatic carbocycles. The van der Waals surface area contributed by atoms with Crippen molar-refractivity contribution in [3.05, 3.63) is 48.3 Å². The third kappa shape index (κ3) is 2.76. The van der Waals surface area contributed by atoms with Crippen molar-refractivity contribution in [3.8, 4) is 5.75 Å². The molecule has 0 fully saturated rings. The number of carbonyl (C=O) groups excluding carboxylic acids is 1. The molecule has 2 aromatic rings. The highest BCUT2D eigenvalue weighted by molar-refractivity contribution is 6.03. The largest absolute Gasteiger partial charge is 0.497 e. The zero-order chi connectivity index (χ0) is 13.0. The summed E-state index contributed by atoms with van der Waals surface area (Å²) < 4.78 is 5.07. The molecule has 0 atom stereocenters. The molecule has 5 nitrogen and oxygen atoms in total. The van der Waals surface area contributed by atoms with Gasteiger partial charge in [-0.25, -0.2) is 4.98 Å². The summed E-state index contributed by atoms with van der Waals surface area (Å²) in [4.78, 5) is 15.8. The third-order valence-corrected chi connectivity index (χ3v) is 2.35. The van der Waals surface area contributed by atoms with E-state index in [-0.39, 0.29) is 5.91 Å². The van der Waals surface area contributed by atoms with Gasteiger partial charge in [0.1, 0.15) is 11.4 Å². The molecule has 0 saturated heterocycles. The molecule has 0 aliphatic heterocycles. The topological polar surface area (TPSA) is 77.2 Å². The summed E-state index contributed by atoms with van der Waals surface area (Å²) in [6.45, 7) is 0. The minimum Gasteiger partial charge on any atom is -0.497 e. The van der Waals surface area contributed by atoms with Crippen LogP contribution in [0.2, 0.25) is 0 Å². The molecule has 0 spiro atoms. The highest BCUT2D eigenvalue weighted by Gasteiger charge is 2.07. The van der Waals surface area contributed by atoms with Gasteiger partial charge in [0.05, 0.1) is 19.0 Å². The lowest BCUT2D eigenvalue weighted by Crippen LogP contribution is -2.13. The number of nitrogen functional groups attached to an aromatic ring is 1. The maximum Gasteiger partial charge on any atom is 0.274 e. The number of ether oxygens (including phenoxy) is 1. The molecule has 0 unspecified atom stereocenters. The quantitative estimate of drug-likeness (QED) is 0.863. The Morgan fingerprint density at radius 2 is 2.17 bits per heavy atom. The highest BCUT2D eigenvalue weighted by Crippen LogP contribution is 2.17. The molecule has 2 rings (SSSR count). The van der Waals surface area contributed by atoms with Crippen LogP contribution in [0.25, 0.3) is 0 Å². The Kier molecular flexibility index (Phi) is 3.43. The van der Waals surface area contributed by atoms with Crippen molar-refractivity contribution in [1.82, 2.24) is 4.98 Å². The maximum absolute atomic E-state index is 11.9. The van der Waals surface area contributed by atoms with E-state index in [4.69, 9.17) is 10.5 Å². The molecule has 0 saturated carbocycles. The predicted octanol–water partition coefficient (Wildman–Crippen LogP) is 1.92. The standard InChI is InChI=1S/C13H13N3O2/c1-18-11-4-2-3-10(7-11)16-13(17)12-6-5-9(14)8-15-12/h2-8H,14H2,1H3,(H,16,17). The van der Waals surface area contributed by atoms with Crippen molar-refractivity contribution in [2.45, 2.75) is 0 Å². The maximum atomic E-state index is 11.9. The lowest BCUT2D eigenvalue weighted by Gasteiger charge is -2.06. The Morgan fingerprint density at radius 1 is 1.33 bits per heavy atom. The van der Waals surface area contributed by atoms with E-state index in [1.807, 2.05) is 0 Å². The molecule has 5 heteroatoms. The Hall–Kier alpha value is -2.56. The van der Waals surface area contributed by atoms with Gasteiger partial charge in [-0.3, -0.25) is 4.79 Å². The molecule has 1 heterocycles. The van der Waals surface area contributed by atoms with Gasteiger partial charge in [-0.15, -0.1) is 0 Å². The number of methoxy groups -OCH3 is 1. The predicted molar refractivity (Wildman–Crippen MR) is 69.6 cm³/mol. The number of amides is 1. The normalized spacial score (nSPS) is 9.83. The molecule has 18 heavy (non-hydrogen) atoms. The third-order valence-electron chi connectivity index (χ3n) is 2.35. The molecular weight excluding hydrogens is 230 g/mol. The van der Waals surface area contributed by atoms with Gasteiger partial charge in [0.25, 0.3) is 5.91 Å². The van der Waals surface area contributed by atoms with Crippen molar-refractivity contribution >= 4 is 17.3 Å². The van der Waals surface area contributed by atoms with E-state index < -0.39 is 0 Å². The number of nitrogens with one attached hydrogen (secondary N) is 1. The summed E-state index contributed by atoms with van der Waals surface area (Å²) >= 11 is 0. The number of pyridine rings is 1. The molecule has 0 bridgehead atoms. The van der Waals surface area contributed by atoms with Crippen molar-refractivity contribution in [1.29, 1.82) is 0 Å². The summed E-state index contributed by atoms with van der Waals surface area (Å²) in [6.07, 6.45) is 1.44. The number of anilines is 2. The van der Waals surface area contributed by atoms with E-state index in [9.17, 15) is 4.79 Å². The lowest BCUT2D eigenvalue weighted by atomic mass is 10.2. The van der Waals surface area contributed by atoms with E-state index in [1.54, 1.807) is 43.5 Å². The van der Waals surface area contributed by atoms with E-state index in [0.29, 0.717) is 22.8 Å². The molecule has 3 N–H and O–H groups in total. The number of hydrogen-bond donors (Lipinski definition) is 2. The number of rotatable bonds is 3. The molecule has 92 valence electrons. The number of benzene rings is 1. The second-order valence-corrected chi connectivity index (χ2v) is 3.66. The Labute approximate surface area is 105 Å². The van der Waals surface area contributed by atoms with Gasteiger partial charge in [-0.2, -0.15) is 0 Å². The number of nitrogens with two attached hydrogens (primary N) is 1. The Balaban J connectivity index is 2.13. The van der Waals surface area contributed by atoms with E-state index in [1.165, 1.54) is 6.20 Å². The van der Waals surface area contributed by atoms with Crippen LogP contribution in [0.15, 0.2) is 42.6 Å². The first-order chi connectivity index (χ1) is 8.69. The fraction of sp³-hybridized carbons (Fsp3) is 0.0769. The number of aromatic nitrogens is 1. The zero-order valence-corrected chi connectivity index (χ0v) is 9.88. The first kappa shape index (κ1) is 11.9. The van der Waals surface area contributed by atoms with E-state index in [2.05, 4.69) is 10.3 Å². The summed E-state index contributed by atoms with van der Waals surface area (Å²) in [5, 5.41) is 2.73. The monoisotopic (exact) mass is 243 g/mol. The minimum atomic E-state index is -0.289. The SMILES string of the molecule is COc1cccc(NC(=O)c2ccc(N)cn2)c1. The van der Waals surface area contributed by atoms with Gasteiger partial charge in [-0.1, -0.05) is 6.07 Å². The molecule has 0 radical (unpaired) electrons. The van der Waals surface area contributed by atoms with Crippen LogP contribution in [0.4, 0.5) is 11.4 Å². The van der Waals surface area contributed by atoms with Crippen molar-refractivity contribution in [3.63, 3.8) is 0 Å². The van der Waals surface area contributed by atoms with Gasteiger partial charge < -0.3 is 15.8 Å². The number of nitrogens with zero attached hydrogens (tertiary/aromatic N) is 1. The highest BCUT2D eigenvalue weighted by atomic mass is 16.5. The van der Waals surface area contributed by atoms with Crippen molar-refractivity contribution in [2.24, 2.45) is 0 Å². The fourth-order valence-corrected chi connectivity index (χ4v) is 1.44. The van der Waals surface area contributed by atoms with Crippen LogP contribution in [0, 0.1) is 0 Å². The first-order valence-electron chi connectivity index (χ1n) is 5.36. The average molecular weight is 243 g/mol. The van der Waals surface area contributed by atoms with Crippen molar-refractivity contribution < 1.29 is 9.53 Å². The van der Waals surface area contributed by atoms with Gasteiger partial charge >= 0.3 is 0 Å². The van der Waals surface area contributed by atoms with Gasteiger partial charge in [0.15, 0.2) is 0 Å². The minimum absolute atomic E-state index is 0.289. The first-order valence-corrected chi connectivity index (χ1v) is 5.36. The van der Waals surface area contributed by atoms with Crippen LogP contribution in [0.5, 0.6) is 5.75 Å². The van der Waals surface area contributed by atoms with Crippen LogP contribution in [-0.4, -0.2) is 18.0 Å². The van der Waals surface area contributed by atoms with E-state index in [0.717, 1.165) is 0 Å². The van der Waals surface area contributed by atoms with Crippen LogP contribution in [0.1, 0.15) is 10.5 Å². The fourth-order valence-electron chi connectivity index (χ4n) is 1.44. The molecular formula is C13H13N3O2. The molecule has 1 aromatic heterocycles. The second-order valence-electron chi connectivity index (χ2n) is 3.66. The number of carbonyl (C=O) groups is 1. The van der Waals surface area contributed by atoms with Gasteiger partial charge in [0.2, 0.25) is 0 Å². The van der Waals surface area contributed by atoms with Crippen LogP contribution < -0.4 is 15.8 Å². The second kappa shape index (κ2) is 5.18. The molecule has 1 aromatic carbocycles. The average Bonchev–Trinajstić information content (AvgIpc) is 2.39. The van der Waals surface area contributed by atoms with Crippen LogP contribution in [0.3, 0.4) is 0 Å². The van der Waals surface area contributed by atoms with Crippen LogP contribution in [-0.2, 0) is 0 Å². The summed E-state index contributed by atoms with van der Waals surface area (Å²) in [6, 6.07) is 10.3. The summed E-state index contributed by atoms with van der Waals surface area (Å²) in [5.41, 5.74) is 6.99. The molecule has 1 amide bonds.